The van der Waals surface area contributed by atoms with Gasteiger partial charge in [0.05, 0.1) is 6.10 Å². The van der Waals surface area contributed by atoms with Gasteiger partial charge in [-0.2, -0.15) is 0 Å². The first-order valence-corrected chi connectivity index (χ1v) is 8.55. The van der Waals surface area contributed by atoms with Crippen LogP contribution in [-0.4, -0.2) is 22.5 Å². The summed E-state index contributed by atoms with van der Waals surface area (Å²) < 4.78 is 0. The molecule has 0 unspecified atom stereocenters. The zero-order valence-corrected chi connectivity index (χ0v) is 14.1. The molecule has 0 fully saturated rings. The van der Waals surface area contributed by atoms with Crippen LogP contribution in [0.3, 0.4) is 0 Å². The van der Waals surface area contributed by atoms with Crippen molar-refractivity contribution in [3.05, 3.63) is 76.8 Å². The monoisotopic (exact) mass is 338 g/mol. The van der Waals surface area contributed by atoms with E-state index in [9.17, 15) is 9.90 Å². The van der Waals surface area contributed by atoms with Gasteiger partial charge in [0.1, 0.15) is 5.01 Å². The summed E-state index contributed by atoms with van der Waals surface area (Å²) in [5.41, 5.74) is 3.33. The number of carbonyl (C=O) groups is 1. The van der Waals surface area contributed by atoms with Gasteiger partial charge in [0.2, 0.25) is 0 Å². The normalized spacial score (nSPS) is 11.9. The first-order valence-electron chi connectivity index (χ1n) is 7.67. The van der Waals surface area contributed by atoms with Gasteiger partial charge in [-0.05, 0) is 24.6 Å². The topological polar surface area (TPSA) is 62.2 Å². The average molecular weight is 338 g/mol. The van der Waals surface area contributed by atoms with Gasteiger partial charge >= 0.3 is 0 Å². The largest absolute Gasteiger partial charge is 0.387 e. The number of nitrogens with zero attached hydrogens (tertiary/aromatic N) is 1. The number of carbonyl (C=O) groups excluding carboxylic acids is 1. The number of thiazole rings is 1. The zero-order chi connectivity index (χ0) is 16.9. The number of rotatable bonds is 5. The Kier molecular flexibility index (Phi) is 5.03. The Balaban J connectivity index is 1.61. The molecule has 0 saturated heterocycles. The lowest BCUT2D eigenvalue weighted by Gasteiger charge is -2.12. The Bertz CT molecular complexity index is 813. The second kappa shape index (κ2) is 7.38. The number of aliphatic hydroxyl groups is 1. The standard InChI is InChI=1S/C19H18N2O2S/c1-13-12-24-19(21-13)16-9-7-15(8-10-16)18(23)20-11-17(22)14-5-3-2-4-6-14/h2-10,12,17,22H,11H2,1H3,(H,20,23)/t17-/m1/s1. The summed E-state index contributed by atoms with van der Waals surface area (Å²) in [5, 5.41) is 15.8. The van der Waals surface area contributed by atoms with Crippen molar-refractivity contribution in [3.8, 4) is 10.6 Å². The maximum atomic E-state index is 12.2. The van der Waals surface area contributed by atoms with Gasteiger partial charge in [0.15, 0.2) is 0 Å². The molecule has 24 heavy (non-hydrogen) atoms. The van der Waals surface area contributed by atoms with E-state index in [4.69, 9.17) is 0 Å². The highest BCUT2D eigenvalue weighted by Gasteiger charge is 2.11. The van der Waals surface area contributed by atoms with Gasteiger partial charge in [-0.1, -0.05) is 42.5 Å². The highest BCUT2D eigenvalue weighted by atomic mass is 32.1. The molecule has 0 aliphatic carbocycles. The highest BCUT2D eigenvalue weighted by Crippen LogP contribution is 2.23. The third-order valence-corrected chi connectivity index (χ3v) is 4.66. The minimum atomic E-state index is -0.715. The second-order valence-corrected chi connectivity index (χ2v) is 6.37. The van der Waals surface area contributed by atoms with Crippen LogP contribution >= 0.6 is 11.3 Å². The molecule has 1 aromatic heterocycles. The quantitative estimate of drug-likeness (QED) is 0.747. The third-order valence-electron chi connectivity index (χ3n) is 3.65. The van der Waals surface area contributed by atoms with Crippen LogP contribution in [0.5, 0.6) is 0 Å². The van der Waals surface area contributed by atoms with Crippen molar-refractivity contribution < 1.29 is 9.90 Å². The summed E-state index contributed by atoms with van der Waals surface area (Å²) in [6, 6.07) is 16.6. The molecule has 0 radical (unpaired) electrons. The van der Waals surface area contributed by atoms with Crippen molar-refractivity contribution in [1.29, 1.82) is 0 Å². The summed E-state index contributed by atoms with van der Waals surface area (Å²) in [5.74, 6) is -0.202. The molecule has 0 bridgehead atoms. The Labute approximate surface area is 144 Å². The number of benzene rings is 2. The smallest absolute Gasteiger partial charge is 0.251 e. The molecular formula is C19H18N2O2S. The lowest BCUT2D eigenvalue weighted by Crippen LogP contribution is -2.28. The Morgan fingerprint density at radius 2 is 1.88 bits per heavy atom. The number of hydrogen-bond donors (Lipinski definition) is 2. The molecule has 3 aromatic rings. The molecule has 3 rings (SSSR count). The predicted molar refractivity (Wildman–Crippen MR) is 96.0 cm³/mol. The molecule has 1 atom stereocenters. The van der Waals surface area contributed by atoms with Crippen molar-refractivity contribution >= 4 is 17.2 Å². The number of nitrogens with one attached hydrogen (secondary N) is 1. The van der Waals surface area contributed by atoms with Crippen molar-refractivity contribution in [2.45, 2.75) is 13.0 Å². The van der Waals surface area contributed by atoms with Crippen molar-refractivity contribution in [3.63, 3.8) is 0 Å². The van der Waals surface area contributed by atoms with Crippen LogP contribution < -0.4 is 5.32 Å². The molecule has 2 aromatic carbocycles. The van der Waals surface area contributed by atoms with Crippen LogP contribution in [0.4, 0.5) is 0 Å². The first kappa shape index (κ1) is 16.4. The fraction of sp³-hybridized carbons (Fsp3) is 0.158. The van der Waals surface area contributed by atoms with E-state index in [0.717, 1.165) is 21.8 Å². The lowest BCUT2D eigenvalue weighted by atomic mass is 10.1. The van der Waals surface area contributed by atoms with Crippen LogP contribution in [-0.2, 0) is 0 Å². The van der Waals surface area contributed by atoms with Crippen LogP contribution in [0.1, 0.15) is 27.7 Å². The van der Waals surface area contributed by atoms with Gasteiger partial charge in [-0.25, -0.2) is 4.98 Å². The van der Waals surface area contributed by atoms with Gasteiger partial charge in [0, 0.05) is 28.7 Å². The summed E-state index contributed by atoms with van der Waals surface area (Å²) in [7, 11) is 0. The SMILES string of the molecule is Cc1csc(-c2ccc(C(=O)NC[C@@H](O)c3ccccc3)cc2)n1. The second-order valence-electron chi connectivity index (χ2n) is 5.51. The van der Waals surface area contributed by atoms with Gasteiger partial charge < -0.3 is 10.4 Å². The molecule has 0 aliphatic heterocycles. The third kappa shape index (κ3) is 3.88. The van der Waals surface area contributed by atoms with E-state index in [1.807, 2.05) is 54.8 Å². The summed E-state index contributed by atoms with van der Waals surface area (Å²) in [6.45, 7) is 2.14. The van der Waals surface area contributed by atoms with E-state index in [0.29, 0.717) is 5.56 Å². The number of aromatic nitrogens is 1. The molecule has 5 heteroatoms. The van der Waals surface area contributed by atoms with E-state index < -0.39 is 6.10 Å². The molecule has 2 N–H and O–H groups in total. The van der Waals surface area contributed by atoms with Crippen molar-refractivity contribution in [2.24, 2.45) is 0 Å². The average Bonchev–Trinajstić information content (AvgIpc) is 3.06. The van der Waals surface area contributed by atoms with Crippen LogP contribution in [0, 0.1) is 6.92 Å². The van der Waals surface area contributed by atoms with E-state index in [1.165, 1.54) is 0 Å². The molecule has 4 nitrogen and oxygen atoms in total. The van der Waals surface area contributed by atoms with Gasteiger partial charge in [0.25, 0.3) is 5.91 Å². The molecule has 0 saturated carbocycles. The number of aryl methyl sites for hydroxylation is 1. The predicted octanol–water partition coefficient (Wildman–Crippen LogP) is 3.58. The van der Waals surface area contributed by atoms with Crippen LogP contribution in [0.15, 0.2) is 60.0 Å². The van der Waals surface area contributed by atoms with E-state index in [2.05, 4.69) is 10.3 Å². The minimum Gasteiger partial charge on any atom is -0.387 e. The first-order chi connectivity index (χ1) is 11.6. The van der Waals surface area contributed by atoms with E-state index >= 15 is 0 Å². The zero-order valence-electron chi connectivity index (χ0n) is 13.3. The molecule has 1 heterocycles. The number of amides is 1. The molecule has 122 valence electrons. The lowest BCUT2D eigenvalue weighted by molar-refractivity contribution is 0.0916. The summed E-state index contributed by atoms with van der Waals surface area (Å²) >= 11 is 1.58. The molecule has 0 spiro atoms. The Morgan fingerprint density at radius 1 is 1.17 bits per heavy atom. The molecule has 1 amide bonds. The van der Waals surface area contributed by atoms with Gasteiger partial charge in [-0.3, -0.25) is 4.79 Å². The van der Waals surface area contributed by atoms with Crippen molar-refractivity contribution in [2.75, 3.05) is 6.54 Å². The summed E-state index contributed by atoms with van der Waals surface area (Å²) in [6.07, 6.45) is -0.715. The van der Waals surface area contributed by atoms with E-state index in [-0.39, 0.29) is 12.5 Å². The van der Waals surface area contributed by atoms with Crippen LogP contribution in [0.2, 0.25) is 0 Å². The van der Waals surface area contributed by atoms with Gasteiger partial charge in [-0.15, -0.1) is 11.3 Å². The number of aliphatic hydroxyl groups excluding tert-OH is 1. The fourth-order valence-corrected chi connectivity index (χ4v) is 3.14. The van der Waals surface area contributed by atoms with Crippen molar-refractivity contribution in [1.82, 2.24) is 10.3 Å². The van der Waals surface area contributed by atoms with Crippen LogP contribution in [0.25, 0.3) is 10.6 Å². The maximum Gasteiger partial charge on any atom is 0.251 e. The number of hydrogen-bond acceptors (Lipinski definition) is 4. The Hall–Kier alpha value is -2.50. The molecular weight excluding hydrogens is 320 g/mol. The minimum absolute atomic E-state index is 0.177. The van der Waals surface area contributed by atoms with E-state index in [1.54, 1.807) is 23.5 Å². The summed E-state index contributed by atoms with van der Waals surface area (Å²) in [4.78, 5) is 16.6. The molecule has 0 aliphatic rings. The fourth-order valence-electron chi connectivity index (χ4n) is 2.34. The Morgan fingerprint density at radius 3 is 2.50 bits per heavy atom. The maximum absolute atomic E-state index is 12.2. The highest BCUT2D eigenvalue weighted by molar-refractivity contribution is 7.13.